The van der Waals surface area contributed by atoms with Gasteiger partial charge in [0.2, 0.25) is 0 Å². The molecule has 0 aliphatic rings. The van der Waals surface area contributed by atoms with Gasteiger partial charge in [-0.25, -0.2) is 0 Å². The summed E-state index contributed by atoms with van der Waals surface area (Å²) in [5, 5.41) is 0. The summed E-state index contributed by atoms with van der Waals surface area (Å²) in [6.07, 6.45) is 1.66. The van der Waals surface area contributed by atoms with Gasteiger partial charge in [-0.15, -0.1) is 0 Å². The molecule has 1 unspecified atom stereocenters. The first-order chi connectivity index (χ1) is 4.60. The van der Waals surface area contributed by atoms with Gasteiger partial charge in [-0.3, -0.25) is 4.79 Å². The zero-order valence-corrected chi connectivity index (χ0v) is 7.96. The average Bonchev–Trinajstić information content (AvgIpc) is 2.01. The van der Waals surface area contributed by atoms with Crippen molar-refractivity contribution < 1.29 is 9.32 Å². The lowest BCUT2D eigenvalue weighted by atomic mass is 9.85. The molecule has 1 atom stereocenters. The van der Waals surface area contributed by atoms with Gasteiger partial charge in [0.1, 0.15) is 0 Å². The lowest BCUT2D eigenvalue weighted by molar-refractivity contribution is -0.144. The number of carbonyl (C=O) groups is 1. The molecule has 0 radical (unpaired) electrons. The molecule has 0 aromatic rings. The van der Waals surface area contributed by atoms with Crippen molar-refractivity contribution in [3.63, 3.8) is 0 Å². The van der Waals surface area contributed by atoms with E-state index in [4.69, 9.17) is 0 Å². The van der Waals surface area contributed by atoms with Gasteiger partial charge in [0, 0.05) is 0 Å². The zero-order valence-electron chi connectivity index (χ0n) is 6.81. The summed E-state index contributed by atoms with van der Waals surface area (Å²) in [4.78, 5) is 11.1. The second kappa shape index (κ2) is 3.92. The molecule has 0 aliphatic carbocycles. The lowest BCUT2D eigenvalue weighted by Crippen LogP contribution is -2.25. The van der Waals surface area contributed by atoms with Crippen LogP contribution in [0.25, 0.3) is 0 Å². The Kier molecular flexibility index (Phi) is 3.88. The average molecular weight is 162 g/mol. The van der Waals surface area contributed by atoms with Crippen LogP contribution in [0.5, 0.6) is 0 Å². The fourth-order valence-electron chi connectivity index (χ4n) is 0.681. The molecule has 0 spiro atoms. The molecular weight excluding hydrogens is 147 g/mol. The van der Waals surface area contributed by atoms with Crippen molar-refractivity contribution in [3.05, 3.63) is 0 Å². The van der Waals surface area contributed by atoms with Crippen molar-refractivity contribution in [1.29, 1.82) is 0 Å². The molecule has 0 N–H and O–H groups in total. The maximum absolute atomic E-state index is 11.1. The minimum Gasteiger partial charge on any atom is -0.451 e. The molecule has 2 nitrogen and oxygen atoms in total. The van der Waals surface area contributed by atoms with E-state index in [0.29, 0.717) is 0 Å². The lowest BCUT2D eigenvalue weighted by Gasteiger charge is -2.22. The number of carbonyl (C=O) groups excluding carboxylic acids is 1. The minimum absolute atomic E-state index is 0.137. The smallest absolute Gasteiger partial charge is 0.313 e. The maximum atomic E-state index is 11.1. The van der Waals surface area contributed by atoms with Crippen LogP contribution >= 0.6 is 9.47 Å². The van der Waals surface area contributed by atoms with E-state index >= 15 is 0 Å². The minimum atomic E-state index is -0.290. The molecule has 0 amide bonds. The van der Waals surface area contributed by atoms with Crippen molar-refractivity contribution in [2.75, 3.05) is 0 Å². The fraction of sp³-hybridized carbons (Fsp3) is 0.857. The third kappa shape index (κ3) is 1.95. The van der Waals surface area contributed by atoms with Crippen molar-refractivity contribution in [2.45, 2.75) is 33.6 Å². The third-order valence-electron chi connectivity index (χ3n) is 2.16. The largest absolute Gasteiger partial charge is 0.451 e. The van der Waals surface area contributed by atoms with Gasteiger partial charge in [-0.05, 0) is 19.8 Å². The second-order valence-electron chi connectivity index (χ2n) is 2.67. The standard InChI is InChI=1S/C7H15O2P/c1-4-7(3,5-2)6(8)9-10/h4-5,10H2,1-3H3. The Morgan fingerprint density at radius 1 is 1.50 bits per heavy atom. The second-order valence-corrected chi connectivity index (χ2v) is 2.91. The number of hydrogen-bond acceptors (Lipinski definition) is 2. The van der Waals surface area contributed by atoms with E-state index in [2.05, 4.69) is 4.52 Å². The molecule has 60 valence electrons. The van der Waals surface area contributed by atoms with Gasteiger partial charge in [0.25, 0.3) is 0 Å². The SMILES string of the molecule is CCC(C)(CC)C(=O)OP. The van der Waals surface area contributed by atoms with Gasteiger partial charge < -0.3 is 4.52 Å². The van der Waals surface area contributed by atoms with Crippen molar-refractivity contribution in [3.8, 4) is 0 Å². The van der Waals surface area contributed by atoms with E-state index in [-0.39, 0.29) is 11.4 Å². The molecule has 10 heavy (non-hydrogen) atoms. The Hall–Kier alpha value is -0.100. The monoisotopic (exact) mass is 162 g/mol. The first-order valence-corrected chi connectivity index (χ1v) is 3.99. The summed E-state index contributed by atoms with van der Waals surface area (Å²) < 4.78 is 4.57. The summed E-state index contributed by atoms with van der Waals surface area (Å²) in [5.41, 5.74) is -0.290. The number of rotatable bonds is 3. The fourth-order valence-corrected chi connectivity index (χ4v) is 0.965. The van der Waals surface area contributed by atoms with Gasteiger partial charge in [0.15, 0.2) is 0 Å². The molecular formula is C7H15O2P. The van der Waals surface area contributed by atoms with E-state index in [1.54, 1.807) is 0 Å². The summed E-state index contributed by atoms with van der Waals surface area (Å²) in [5.74, 6) is -0.137. The normalized spacial score (nSPS) is 11.2. The van der Waals surface area contributed by atoms with Gasteiger partial charge in [-0.1, -0.05) is 13.8 Å². The molecule has 0 saturated carbocycles. The summed E-state index contributed by atoms with van der Waals surface area (Å²) in [6.45, 7) is 5.90. The Labute approximate surface area is 64.6 Å². The predicted octanol–water partition coefficient (Wildman–Crippen LogP) is 2.15. The maximum Gasteiger partial charge on any atom is 0.313 e. The van der Waals surface area contributed by atoms with Crippen molar-refractivity contribution >= 4 is 15.4 Å². The van der Waals surface area contributed by atoms with Gasteiger partial charge in [-0.2, -0.15) is 0 Å². The molecule has 0 saturated heterocycles. The Morgan fingerprint density at radius 2 is 1.90 bits per heavy atom. The molecule has 0 rings (SSSR count). The van der Waals surface area contributed by atoms with E-state index in [1.807, 2.05) is 30.2 Å². The highest BCUT2D eigenvalue weighted by atomic mass is 31.0. The Bertz CT molecular complexity index is 119. The third-order valence-corrected chi connectivity index (χ3v) is 2.37. The van der Waals surface area contributed by atoms with Crippen LogP contribution in [-0.4, -0.2) is 5.97 Å². The highest BCUT2D eigenvalue weighted by Gasteiger charge is 2.29. The quantitative estimate of drug-likeness (QED) is 0.594. The van der Waals surface area contributed by atoms with Crippen molar-refractivity contribution in [1.82, 2.24) is 0 Å². The first kappa shape index (κ1) is 9.90. The predicted molar refractivity (Wildman–Crippen MR) is 44.5 cm³/mol. The molecule has 0 aromatic carbocycles. The van der Waals surface area contributed by atoms with Crippen molar-refractivity contribution in [2.24, 2.45) is 5.41 Å². The number of hydrogen-bond donors (Lipinski definition) is 0. The summed E-state index contributed by atoms with van der Waals surface area (Å²) in [6, 6.07) is 0. The highest BCUT2D eigenvalue weighted by Crippen LogP contribution is 2.27. The van der Waals surface area contributed by atoms with Crippen LogP contribution in [-0.2, 0) is 9.32 Å². The highest BCUT2D eigenvalue weighted by molar-refractivity contribution is 7.10. The van der Waals surface area contributed by atoms with Gasteiger partial charge in [0.05, 0.1) is 14.9 Å². The van der Waals surface area contributed by atoms with Crippen LogP contribution in [0.4, 0.5) is 0 Å². The van der Waals surface area contributed by atoms with E-state index < -0.39 is 0 Å². The molecule has 0 heterocycles. The molecule has 0 aromatic heterocycles. The summed E-state index contributed by atoms with van der Waals surface area (Å²) >= 11 is 0. The van der Waals surface area contributed by atoms with Crippen LogP contribution in [0.3, 0.4) is 0 Å². The van der Waals surface area contributed by atoms with Crippen LogP contribution in [0.15, 0.2) is 0 Å². The Balaban J connectivity index is 4.17. The zero-order chi connectivity index (χ0) is 8.20. The van der Waals surface area contributed by atoms with Crippen LogP contribution < -0.4 is 0 Å². The van der Waals surface area contributed by atoms with E-state index in [1.165, 1.54) is 0 Å². The topological polar surface area (TPSA) is 26.3 Å². The van der Waals surface area contributed by atoms with E-state index in [9.17, 15) is 4.79 Å². The molecule has 0 bridgehead atoms. The van der Waals surface area contributed by atoms with Crippen LogP contribution in [0, 0.1) is 5.41 Å². The molecule has 3 heteroatoms. The summed E-state index contributed by atoms with van der Waals surface area (Å²) in [7, 11) is 1.99. The molecule has 0 fully saturated rings. The van der Waals surface area contributed by atoms with E-state index in [0.717, 1.165) is 12.8 Å². The van der Waals surface area contributed by atoms with Gasteiger partial charge >= 0.3 is 5.97 Å². The van der Waals surface area contributed by atoms with Crippen LogP contribution in [0.2, 0.25) is 0 Å². The first-order valence-electron chi connectivity index (χ1n) is 3.52. The molecule has 0 aliphatic heterocycles. The van der Waals surface area contributed by atoms with Crippen LogP contribution in [0.1, 0.15) is 33.6 Å². The Morgan fingerprint density at radius 3 is 2.00 bits per heavy atom.